The summed E-state index contributed by atoms with van der Waals surface area (Å²) < 4.78 is 0. The number of amides is 1. The number of rotatable bonds is 5. The van der Waals surface area contributed by atoms with Crippen LogP contribution in [-0.4, -0.2) is 45.5 Å². The summed E-state index contributed by atoms with van der Waals surface area (Å²) in [6.07, 6.45) is 0.617. The van der Waals surface area contributed by atoms with E-state index in [9.17, 15) is 9.59 Å². The Morgan fingerprint density at radius 1 is 1.47 bits per heavy atom. The molecular weight excluding hydrogens is 266 g/mol. The lowest BCUT2D eigenvalue weighted by Crippen LogP contribution is -2.48. The monoisotopic (exact) mass is 285 g/mol. The molecule has 3 N–H and O–H groups in total. The molecule has 0 atom stereocenters. The largest absolute Gasteiger partial charge is 0.480 e. The second-order valence-electron chi connectivity index (χ2n) is 5.12. The van der Waals surface area contributed by atoms with Crippen LogP contribution in [0.2, 0.25) is 0 Å². The standard InChI is InChI=1S/C12H19N3O3S/c1-12(2,3)15(6-10(16)17)11(18)8-7-19-9(14-8)4-5-13/h7H,4-6,13H2,1-3H3,(H,16,17). The second-order valence-corrected chi connectivity index (χ2v) is 6.06. The number of hydrogen-bond donors (Lipinski definition) is 2. The first-order valence-electron chi connectivity index (χ1n) is 5.94. The number of thiazole rings is 1. The first-order chi connectivity index (χ1) is 8.75. The highest BCUT2D eigenvalue weighted by molar-refractivity contribution is 7.09. The molecule has 106 valence electrons. The molecule has 0 unspecified atom stereocenters. The van der Waals surface area contributed by atoms with Crippen molar-refractivity contribution >= 4 is 23.2 Å². The fraction of sp³-hybridized carbons (Fsp3) is 0.583. The minimum atomic E-state index is -1.04. The van der Waals surface area contributed by atoms with Crippen LogP contribution in [0.4, 0.5) is 0 Å². The fourth-order valence-electron chi connectivity index (χ4n) is 1.53. The first kappa shape index (κ1) is 15.6. The Labute approximate surface area is 116 Å². The van der Waals surface area contributed by atoms with Gasteiger partial charge < -0.3 is 15.7 Å². The van der Waals surface area contributed by atoms with Gasteiger partial charge in [-0.1, -0.05) is 0 Å². The van der Waals surface area contributed by atoms with Gasteiger partial charge in [0.25, 0.3) is 5.91 Å². The van der Waals surface area contributed by atoms with Gasteiger partial charge in [-0.2, -0.15) is 0 Å². The number of carbonyl (C=O) groups excluding carboxylic acids is 1. The Morgan fingerprint density at radius 2 is 2.11 bits per heavy atom. The lowest BCUT2D eigenvalue weighted by atomic mass is 10.1. The molecule has 1 rings (SSSR count). The van der Waals surface area contributed by atoms with Crippen LogP contribution >= 0.6 is 11.3 Å². The number of carbonyl (C=O) groups is 2. The van der Waals surface area contributed by atoms with E-state index in [0.717, 1.165) is 5.01 Å². The second kappa shape index (κ2) is 6.12. The molecule has 0 aliphatic heterocycles. The molecule has 1 aromatic rings. The zero-order valence-corrected chi connectivity index (χ0v) is 12.2. The molecule has 1 heterocycles. The van der Waals surface area contributed by atoms with E-state index in [1.807, 2.05) is 0 Å². The van der Waals surface area contributed by atoms with Gasteiger partial charge in [0.05, 0.1) is 5.01 Å². The van der Waals surface area contributed by atoms with Crippen molar-refractivity contribution in [3.05, 3.63) is 16.1 Å². The molecule has 6 nitrogen and oxygen atoms in total. The van der Waals surface area contributed by atoms with Crippen molar-refractivity contribution in [2.75, 3.05) is 13.1 Å². The summed E-state index contributed by atoms with van der Waals surface area (Å²) in [6.45, 7) is 5.51. The van der Waals surface area contributed by atoms with Crippen molar-refractivity contribution in [3.8, 4) is 0 Å². The average molecular weight is 285 g/mol. The van der Waals surface area contributed by atoms with E-state index >= 15 is 0 Å². The van der Waals surface area contributed by atoms with Crippen molar-refractivity contribution < 1.29 is 14.7 Å². The molecule has 0 fully saturated rings. The minimum absolute atomic E-state index is 0.282. The van der Waals surface area contributed by atoms with Crippen LogP contribution in [0, 0.1) is 0 Å². The third kappa shape index (κ3) is 4.29. The smallest absolute Gasteiger partial charge is 0.323 e. The van der Waals surface area contributed by atoms with E-state index in [2.05, 4.69) is 4.98 Å². The van der Waals surface area contributed by atoms with Crippen LogP contribution in [0.5, 0.6) is 0 Å². The molecule has 1 aromatic heterocycles. The third-order valence-electron chi connectivity index (χ3n) is 2.48. The van der Waals surface area contributed by atoms with Gasteiger partial charge in [-0.05, 0) is 27.3 Å². The van der Waals surface area contributed by atoms with E-state index < -0.39 is 11.5 Å². The van der Waals surface area contributed by atoms with Crippen LogP contribution in [0.15, 0.2) is 5.38 Å². The number of nitrogens with zero attached hydrogens (tertiary/aromatic N) is 2. The minimum Gasteiger partial charge on any atom is -0.480 e. The quantitative estimate of drug-likeness (QED) is 0.840. The van der Waals surface area contributed by atoms with Crippen molar-refractivity contribution in [2.24, 2.45) is 5.73 Å². The third-order valence-corrected chi connectivity index (χ3v) is 3.39. The lowest BCUT2D eigenvalue weighted by Gasteiger charge is -2.33. The maximum atomic E-state index is 12.3. The van der Waals surface area contributed by atoms with Crippen LogP contribution in [0.3, 0.4) is 0 Å². The van der Waals surface area contributed by atoms with Crippen molar-refractivity contribution in [1.82, 2.24) is 9.88 Å². The van der Waals surface area contributed by atoms with Gasteiger partial charge in [-0.15, -0.1) is 11.3 Å². The van der Waals surface area contributed by atoms with Gasteiger partial charge in [0.15, 0.2) is 0 Å². The number of aliphatic carboxylic acids is 1. The highest BCUT2D eigenvalue weighted by Crippen LogP contribution is 2.19. The van der Waals surface area contributed by atoms with Crippen molar-refractivity contribution in [1.29, 1.82) is 0 Å². The number of carboxylic acids is 1. The molecule has 0 aliphatic rings. The van der Waals surface area contributed by atoms with Gasteiger partial charge in [0.2, 0.25) is 0 Å². The topological polar surface area (TPSA) is 96.5 Å². The number of carboxylic acid groups (broad SMARTS) is 1. The normalized spacial score (nSPS) is 11.4. The molecule has 0 aliphatic carbocycles. The maximum absolute atomic E-state index is 12.3. The molecular formula is C12H19N3O3S. The lowest BCUT2D eigenvalue weighted by molar-refractivity contribution is -0.138. The highest BCUT2D eigenvalue weighted by Gasteiger charge is 2.30. The maximum Gasteiger partial charge on any atom is 0.323 e. The van der Waals surface area contributed by atoms with Crippen LogP contribution < -0.4 is 5.73 Å². The van der Waals surface area contributed by atoms with Crippen molar-refractivity contribution in [3.63, 3.8) is 0 Å². The number of hydrogen-bond acceptors (Lipinski definition) is 5. The van der Waals surface area contributed by atoms with E-state index in [1.165, 1.54) is 16.2 Å². The molecule has 7 heteroatoms. The van der Waals surface area contributed by atoms with Gasteiger partial charge in [-0.3, -0.25) is 9.59 Å². The Morgan fingerprint density at radius 3 is 2.58 bits per heavy atom. The Hall–Kier alpha value is -1.47. The zero-order valence-electron chi connectivity index (χ0n) is 11.3. The fourth-order valence-corrected chi connectivity index (χ4v) is 2.32. The Balaban J connectivity index is 2.95. The van der Waals surface area contributed by atoms with Gasteiger partial charge in [0.1, 0.15) is 12.2 Å². The summed E-state index contributed by atoms with van der Waals surface area (Å²) in [7, 11) is 0. The predicted molar refractivity (Wildman–Crippen MR) is 73.3 cm³/mol. The van der Waals surface area contributed by atoms with Crippen LogP contribution in [0.25, 0.3) is 0 Å². The summed E-state index contributed by atoms with van der Waals surface area (Å²) >= 11 is 1.36. The number of nitrogens with two attached hydrogens (primary N) is 1. The Bertz CT molecular complexity index is 465. The van der Waals surface area contributed by atoms with E-state index in [1.54, 1.807) is 26.2 Å². The predicted octanol–water partition coefficient (Wildman–Crippen LogP) is 0.970. The van der Waals surface area contributed by atoms with Gasteiger partial charge in [-0.25, -0.2) is 4.98 Å². The first-order valence-corrected chi connectivity index (χ1v) is 6.82. The summed E-state index contributed by atoms with van der Waals surface area (Å²) in [5.41, 5.74) is 5.14. The summed E-state index contributed by atoms with van der Waals surface area (Å²) in [4.78, 5) is 28.7. The van der Waals surface area contributed by atoms with Crippen LogP contribution in [-0.2, 0) is 11.2 Å². The molecule has 0 saturated heterocycles. The summed E-state index contributed by atoms with van der Waals surface area (Å²) in [6, 6.07) is 0. The van der Waals surface area contributed by atoms with E-state index in [-0.39, 0.29) is 18.1 Å². The van der Waals surface area contributed by atoms with Crippen molar-refractivity contribution in [2.45, 2.75) is 32.7 Å². The molecule has 19 heavy (non-hydrogen) atoms. The summed E-state index contributed by atoms with van der Waals surface area (Å²) in [5, 5.41) is 11.3. The van der Waals surface area contributed by atoms with Gasteiger partial charge >= 0.3 is 5.97 Å². The Kier molecular flexibility index (Phi) is 5.02. The molecule has 1 amide bonds. The van der Waals surface area contributed by atoms with E-state index in [4.69, 9.17) is 10.8 Å². The molecule has 0 aromatic carbocycles. The summed E-state index contributed by atoms with van der Waals surface area (Å²) in [5.74, 6) is -1.41. The SMILES string of the molecule is CC(C)(C)N(CC(=O)O)C(=O)c1csc(CCN)n1. The molecule has 0 spiro atoms. The highest BCUT2D eigenvalue weighted by atomic mass is 32.1. The zero-order chi connectivity index (χ0) is 14.6. The average Bonchev–Trinajstić information content (AvgIpc) is 2.72. The molecule has 0 bridgehead atoms. The number of aromatic nitrogens is 1. The van der Waals surface area contributed by atoms with E-state index in [0.29, 0.717) is 13.0 Å². The molecule has 0 radical (unpaired) electrons. The van der Waals surface area contributed by atoms with Gasteiger partial charge in [0, 0.05) is 17.3 Å². The van der Waals surface area contributed by atoms with Crippen LogP contribution in [0.1, 0.15) is 36.3 Å². The molecule has 0 saturated carbocycles.